The number of aromatic amines is 1. The van der Waals surface area contributed by atoms with Gasteiger partial charge in [0, 0.05) is 55.8 Å². The molecule has 0 bridgehead atoms. The van der Waals surface area contributed by atoms with Crippen LogP contribution in [0, 0.1) is 11.6 Å². The number of nitrogens with zero attached hydrogens (tertiary/aromatic N) is 4. The van der Waals surface area contributed by atoms with Crippen LogP contribution in [0.4, 0.5) is 20.3 Å². The summed E-state index contributed by atoms with van der Waals surface area (Å²) in [6, 6.07) is 14.1. The second-order valence-corrected chi connectivity index (χ2v) is 10.4. The molecule has 10 heteroatoms. The molecule has 0 saturated carbocycles. The largest absolute Gasteiger partial charge is 0.457 e. The van der Waals surface area contributed by atoms with E-state index in [0.717, 1.165) is 29.8 Å². The number of pyridine rings is 1. The molecule has 1 fully saturated rings. The molecule has 2 aliphatic heterocycles. The minimum absolute atomic E-state index is 0.0488. The van der Waals surface area contributed by atoms with Crippen LogP contribution in [0.25, 0.3) is 11.3 Å². The van der Waals surface area contributed by atoms with Gasteiger partial charge in [0.15, 0.2) is 0 Å². The Labute approximate surface area is 242 Å². The first-order valence-corrected chi connectivity index (χ1v) is 13.7. The number of aliphatic imine (C=N–C) groups is 1. The Bertz CT molecular complexity index is 1660. The van der Waals surface area contributed by atoms with Crippen LogP contribution in [0.5, 0.6) is 11.5 Å². The number of aromatic nitrogens is 2. The van der Waals surface area contributed by atoms with Gasteiger partial charge in [0.1, 0.15) is 35.1 Å². The van der Waals surface area contributed by atoms with Crippen LogP contribution < -0.4 is 10.1 Å². The Morgan fingerprint density at radius 3 is 2.69 bits per heavy atom. The molecule has 42 heavy (non-hydrogen) atoms. The van der Waals surface area contributed by atoms with Crippen molar-refractivity contribution < 1.29 is 18.3 Å². The third-order valence-electron chi connectivity index (χ3n) is 7.72. The first kappa shape index (κ1) is 27.2. The van der Waals surface area contributed by atoms with Crippen LogP contribution in [0.2, 0.25) is 0 Å². The van der Waals surface area contributed by atoms with E-state index in [2.05, 4.69) is 26.9 Å². The molecule has 1 saturated heterocycles. The van der Waals surface area contributed by atoms with E-state index in [-0.39, 0.29) is 23.8 Å². The summed E-state index contributed by atoms with van der Waals surface area (Å²) in [6.07, 6.45) is 7.89. The number of carbonyl (C=O) groups is 1. The molecule has 2 aromatic heterocycles. The quantitative estimate of drug-likeness (QED) is 0.241. The van der Waals surface area contributed by atoms with Gasteiger partial charge in [-0.15, -0.1) is 0 Å². The first-order chi connectivity index (χ1) is 20.4. The molecular weight excluding hydrogens is 538 g/mol. The maximum atomic E-state index is 15.4. The number of fused-ring (bicyclic) bond motifs is 1. The number of benzene rings is 2. The Balaban J connectivity index is 1.19. The lowest BCUT2D eigenvalue weighted by Crippen LogP contribution is -2.37. The molecule has 2 aromatic carbocycles. The van der Waals surface area contributed by atoms with Crippen molar-refractivity contribution in [2.45, 2.75) is 24.9 Å². The highest BCUT2D eigenvalue weighted by atomic mass is 19.1. The number of anilines is 1. The van der Waals surface area contributed by atoms with Gasteiger partial charge in [-0.05, 0) is 60.7 Å². The number of nitrogens with one attached hydrogen (secondary N) is 2. The average Bonchev–Trinajstić information content (AvgIpc) is 3.44. The normalized spacial score (nSPS) is 16.7. The van der Waals surface area contributed by atoms with Gasteiger partial charge in [0.25, 0.3) is 0 Å². The van der Waals surface area contributed by atoms with Crippen molar-refractivity contribution in [2.24, 2.45) is 4.99 Å². The van der Waals surface area contributed by atoms with E-state index in [1.54, 1.807) is 48.9 Å². The number of hydrogen-bond donors (Lipinski definition) is 2. The fraction of sp³-hybridized carbons (Fsp3) is 0.219. The molecule has 6 rings (SSSR count). The maximum Gasteiger partial charge on any atom is 0.245 e. The number of rotatable bonds is 7. The summed E-state index contributed by atoms with van der Waals surface area (Å²) < 4.78 is 35.0. The molecule has 2 N–H and O–H groups in total. The topological polar surface area (TPSA) is 85.8 Å². The van der Waals surface area contributed by atoms with Crippen molar-refractivity contribution in [3.8, 4) is 22.8 Å². The van der Waals surface area contributed by atoms with Crippen LogP contribution in [0.15, 0.2) is 84.6 Å². The zero-order chi connectivity index (χ0) is 29.2. The van der Waals surface area contributed by atoms with E-state index in [4.69, 9.17) is 4.74 Å². The van der Waals surface area contributed by atoms with Crippen molar-refractivity contribution >= 4 is 23.8 Å². The molecule has 0 radical (unpaired) electrons. The molecule has 0 spiro atoms. The smallest absolute Gasteiger partial charge is 0.245 e. The summed E-state index contributed by atoms with van der Waals surface area (Å²) in [5, 5.41) is 3.34. The minimum atomic E-state index is -0.474. The monoisotopic (exact) mass is 568 g/mol. The number of likely N-dealkylation sites (tertiary alicyclic amines) is 1. The van der Waals surface area contributed by atoms with E-state index in [1.165, 1.54) is 24.3 Å². The van der Waals surface area contributed by atoms with Crippen LogP contribution in [0.3, 0.4) is 0 Å². The van der Waals surface area contributed by atoms with Crippen LogP contribution in [-0.4, -0.2) is 52.2 Å². The summed E-state index contributed by atoms with van der Waals surface area (Å²) in [6.45, 7) is 4.91. The third-order valence-corrected chi connectivity index (χ3v) is 7.72. The van der Waals surface area contributed by atoms with E-state index >= 15 is 4.39 Å². The summed E-state index contributed by atoms with van der Waals surface area (Å²) in [5.41, 5.74) is 3.56. The lowest BCUT2D eigenvalue weighted by Gasteiger charge is -2.35. The van der Waals surface area contributed by atoms with Gasteiger partial charge in [-0.3, -0.25) is 9.78 Å². The summed E-state index contributed by atoms with van der Waals surface area (Å²) in [7, 11) is 1.89. The number of amides is 1. The van der Waals surface area contributed by atoms with Gasteiger partial charge >= 0.3 is 0 Å². The van der Waals surface area contributed by atoms with E-state index < -0.39 is 5.82 Å². The predicted octanol–water partition coefficient (Wildman–Crippen LogP) is 6.76. The predicted molar refractivity (Wildman–Crippen MR) is 158 cm³/mol. The molecule has 1 unspecified atom stereocenters. The number of piperidine rings is 1. The zero-order valence-electron chi connectivity index (χ0n) is 23.1. The Morgan fingerprint density at radius 1 is 1.12 bits per heavy atom. The molecule has 4 heterocycles. The average molecular weight is 569 g/mol. The molecule has 8 nitrogen and oxygen atoms in total. The van der Waals surface area contributed by atoms with Gasteiger partial charge in [0.05, 0.1) is 17.7 Å². The highest BCUT2D eigenvalue weighted by molar-refractivity contribution is 5.87. The van der Waals surface area contributed by atoms with Crippen molar-refractivity contribution in [1.29, 1.82) is 0 Å². The zero-order valence-corrected chi connectivity index (χ0v) is 23.1. The summed E-state index contributed by atoms with van der Waals surface area (Å²) in [4.78, 5) is 27.9. The lowest BCUT2D eigenvalue weighted by molar-refractivity contribution is -0.127. The van der Waals surface area contributed by atoms with Gasteiger partial charge in [-0.25, -0.2) is 13.8 Å². The highest BCUT2D eigenvalue weighted by Gasteiger charge is 2.32. The Morgan fingerprint density at radius 2 is 1.93 bits per heavy atom. The van der Waals surface area contributed by atoms with Crippen molar-refractivity contribution in [3.63, 3.8) is 0 Å². The molecule has 1 atom stereocenters. The van der Waals surface area contributed by atoms with Crippen LogP contribution in [-0.2, 0) is 4.79 Å². The van der Waals surface area contributed by atoms with E-state index in [0.29, 0.717) is 41.5 Å². The summed E-state index contributed by atoms with van der Waals surface area (Å²) in [5.74, 6) is 0.863. The fourth-order valence-corrected chi connectivity index (χ4v) is 5.54. The number of carbonyl (C=O) groups excluding carboxylic acids is 1. The Hall–Kier alpha value is -4.99. The molecule has 214 valence electrons. The second-order valence-electron chi connectivity index (χ2n) is 10.4. The first-order valence-electron chi connectivity index (χ1n) is 13.7. The number of ether oxygens (including phenoxy) is 1. The second kappa shape index (κ2) is 11.5. The van der Waals surface area contributed by atoms with Crippen molar-refractivity contribution in [2.75, 3.05) is 25.5 Å². The molecule has 1 amide bonds. The third kappa shape index (κ3) is 5.47. The van der Waals surface area contributed by atoms with Gasteiger partial charge in [-0.1, -0.05) is 18.7 Å². The molecule has 0 aliphatic carbocycles. The van der Waals surface area contributed by atoms with Crippen molar-refractivity contribution in [1.82, 2.24) is 19.8 Å². The van der Waals surface area contributed by atoms with Gasteiger partial charge in [-0.2, -0.15) is 0 Å². The Kier molecular flexibility index (Phi) is 7.43. The minimum Gasteiger partial charge on any atom is -0.457 e. The standard InChI is InChI=1S/C32H30F2N6O2/c1-3-29(41)40-13-10-20(11-14-40)25-18-36-31-30(25)32(39(2)19-37-31)38-27-8-7-23(16-26(27)34)42-24-9-12-35-28(17-24)21-5-4-6-22(33)15-21/h3-9,12,15-20,32,36,38H,1,10-11,13-14H2,2H3. The number of halogens is 2. The molecule has 4 aromatic rings. The maximum absolute atomic E-state index is 15.4. The van der Waals surface area contributed by atoms with Gasteiger partial charge < -0.3 is 24.8 Å². The van der Waals surface area contributed by atoms with Crippen molar-refractivity contribution in [3.05, 3.63) is 102 Å². The van der Waals surface area contributed by atoms with Crippen LogP contribution in [0.1, 0.15) is 36.1 Å². The highest BCUT2D eigenvalue weighted by Crippen LogP contribution is 2.42. The number of hydrogen-bond acceptors (Lipinski definition) is 6. The number of H-pyrrole nitrogens is 1. The lowest BCUT2D eigenvalue weighted by atomic mass is 9.87. The molecule has 2 aliphatic rings. The van der Waals surface area contributed by atoms with Crippen LogP contribution >= 0.6 is 0 Å². The fourth-order valence-electron chi connectivity index (χ4n) is 5.54. The van der Waals surface area contributed by atoms with E-state index in [9.17, 15) is 9.18 Å². The SMILES string of the molecule is C=CC(=O)N1CCC(c2c[nH]c3c2C(Nc2ccc(Oc4ccnc(-c5cccc(F)c5)c4)cc2F)N(C)C=N3)CC1. The van der Waals surface area contributed by atoms with E-state index in [1.807, 2.05) is 23.0 Å². The molecular formula is C32H30F2N6O2. The summed E-state index contributed by atoms with van der Waals surface area (Å²) >= 11 is 0. The van der Waals surface area contributed by atoms with Gasteiger partial charge in [0.2, 0.25) is 5.91 Å².